The van der Waals surface area contributed by atoms with Crippen molar-refractivity contribution in [2.24, 2.45) is 0 Å². The van der Waals surface area contributed by atoms with Crippen LogP contribution in [0.1, 0.15) is 22.5 Å². The Morgan fingerprint density at radius 1 is 0.825 bits per heavy atom. The lowest BCUT2D eigenvalue weighted by molar-refractivity contribution is -0.121. The van der Waals surface area contributed by atoms with Crippen LogP contribution in [-0.4, -0.2) is 20.8 Å². The predicted octanol–water partition coefficient (Wildman–Crippen LogP) is 4.50. The van der Waals surface area contributed by atoms with E-state index in [0.717, 1.165) is 22.4 Å². The number of nitrogens with one attached hydrogen (secondary N) is 3. The summed E-state index contributed by atoms with van der Waals surface area (Å²) in [4.78, 5) is 14.6. The van der Waals surface area contributed by atoms with Crippen LogP contribution < -0.4 is 26.5 Å². The largest absolute Gasteiger partial charge is 0.399 e. The van der Waals surface area contributed by atoms with Gasteiger partial charge in [-0.15, -0.1) is 0 Å². The van der Waals surface area contributed by atoms with Gasteiger partial charge in [-0.3, -0.25) is 14.9 Å². The summed E-state index contributed by atoms with van der Waals surface area (Å²) in [5, 5.41) is 14.5. The molecule has 1 spiro atoms. The van der Waals surface area contributed by atoms with Crippen molar-refractivity contribution in [1.29, 1.82) is 0 Å². The second-order valence-electron chi connectivity index (χ2n) is 9.85. The Bertz CT molecular complexity index is 1790. The smallest absolute Gasteiger partial charge is 0.279 e. The van der Waals surface area contributed by atoms with Gasteiger partial charge in [-0.05, 0) is 55.0 Å². The number of hydrazine groups is 1. The third-order valence-electron chi connectivity index (χ3n) is 7.64. The summed E-state index contributed by atoms with van der Waals surface area (Å²) in [7, 11) is 0. The van der Waals surface area contributed by atoms with E-state index in [2.05, 4.69) is 20.9 Å². The lowest BCUT2D eigenvalue weighted by Gasteiger charge is -2.45. The number of H-pyrrole nitrogens is 1. The summed E-state index contributed by atoms with van der Waals surface area (Å²) in [6.45, 7) is 1.86. The summed E-state index contributed by atoms with van der Waals surface area (Å²) < 4.78 is 2.16. The monoisotopic (exact) mass is 546 g/mol. The Hall–Kier alpha value is -4.93. The number of rotatable bonds is 4. The van der Waals surface area contributed by atoms with Gasteiger partial charge in [0.25, 0.3) is 11.6 Å². The Labute approximate surface area is 235 Å². The summed E-state index contributed by atoms with van der Waals surface area (Å²) in [6.07, 6.45) is 0. The Morgan fingerprint density at radius 3 is 2.12 bits per heavy atom. The number of benzene rings is 4. The van der Waals surface area contributed by atoms with E-state index >= 15 is 0 Å². The maximum atomic E-state index is 14.6. The molecule has 0 bridgehead atoms. The summed E-state index contributed by atoms with van der Waals surface area (Å²) >= 11 is 5.85. The Kier molecular flexibility index (Phi) is 5.31. The molecule has 9 nitrogen and oxygen atoms in total. The first kappa shape index (κ1) is 24.1. The molecule has 4 aromatic carbocycles. The fourth-order valence-corrected chi connectivity index (χ4v) is 6.22. The number of hydrogen-bond donors (Lipinski definition) is 4. The molecule has 5 N–H and O–H groups in total. The highest BCUT2D eigenvalue weighted by Crippen LogP contribution is 2.54. The lowest BCUT2D eigenvalue weighted by atomic mass is 9.88. The van der Waals surface area contributed by atoms with Crippen LogP contribution in [0.3, 0.4) is 0 Å². The first-order chi connectivity index (χ1) is 19.5. The molecule has 5 aromatic rings. The minimum Gasteiger partial charge on any atom is -0.399 e. The van der Waals surface area contributed by atoms with E-state index in [1.807, 2.05) is 131 Å². The second kappa shape index (κ2) is 8.80. The molecule has 2 atom stereocenters. The molecule has 1 amide bonds. The van der Waals surface area contributed by atoms with Crippen LogP contribution in [0.4, 0.5) is 17.1 Å². The molecule has 3 heterocycles. The number of para-hydroxylation sites is 2. The van der Waals surface area contributed by atoms with Crippen molar-refractivity contribution < 1.29 is 4.79 Å². The third-order valence-corrected chi connectivity index (χ3v) is 7.90. The van der Waals surface area contributed by atoms with Gasteiger partial charge < -0.3 is 11.1 Å². The van der Waals surface area contributed by atoms with Gasteiger partial charge >= 0.3 is 0 Å². The average molecular weight is 547 g/mol. The van der Waals surface area contributed by atoms with Crippen LogP contribution in [0.25, 0.3) is 0 Å². The maximum absolute atomic E-state index is 14.6. The van der Waals surface area contributed by atoms with Crippen molar-refractivity contribution in [2.45, 2.75) is 18.2 Å². The number of carbonyl (C=O) groups is 1. The first-order valence-electron chi connectivity index (χ1n) is 12.9. The highest BCUT2D eigenvalue weighted by atomic mass is 32.1. The van der Waals surface area contributed by atoms with Gasteiger partial charge in [0.1, 0.15) is 5.82 Å². The van der Waals surface area contributed by atoms with Gasteiger partial charge in [-0.2, -0.15) is 10.5 Å². The fourth-order valence-electron chi connectivity index (χ4n) is 5.96. The van der Waals surface area contributed by atoms with Gasteiger partial charge in [-0.1, -0.05) is 78.9 Å². The van der Waals surface area contributed by atoms with Crippen LogP contribution in [-0.2, 0) is 16.1 Å². The molecule has 40 heavy (non-hydrogen) atoms. The zero-order chi connectivity index (χ0) is 27.5. The Morgan fingerprint density at radius 2 is 1.45 bits per heavy atom. The summed E-state index contributed by atoms with van der Waals surface area (Å²) in [6, 6.07) is 35.2. The number of nitrogens with two attached hydrogens (primary N) is 1. The van der Waals surface area contributed by atoms with Crippen molar-refractivity contribution in [3.63, 3.8) is 0 Å². The van der Waals surface area contributed by atoms with E-state index in [4.69, 9.17) is 18.0 Å². The van der Waals surface area contributed by atoms with Crippen LogP contribution in [0.2, 0.25) is 0 Å². The minimum absolute atomic E-state index is 0.235. The molecule has 2 aliphatic heterocycles. The minimum atomic E-state index is -1.43. The number of anilines is 3. The van der Waals surface area contributed by atoms with Crippen LogP contribution in [0.5, 0.6) is 0 Å². The molecule has 0 aliphatic carbocycles. The zero-order valence-electron chi connectivity index (χ0n) is 21.6. The molecule has 1 aromatic heterocycles. The maximum Gasteiger partial charge on any atom is 0.279 e. The van der Waals surface area contributed by atoms with Gasteiger partial charge in [0, 0.05) is 22.5 Å². The van der Waals surface area contributed by atoms with Crippen LogP contribution in [0.15, 0.2) is 109 Å². The molecule has 1 fully saturated rings. The number of aryl methyl sites for hydroxylation is 1. The molecule has 2 unspecified atom stereocenters. The number of fused-ring (bicyclic) bond motifs is 2. The van der Waals surface area contributed by atoms with E-state index in [9.17, 15) is 4.79 Å². The fraction of sp³-hybridized carbons (Fsp3) is 0.100. The van der Waals surface area contributed by atoms with E-state index in [1.165, 1.54) is 0 Å². The summed E-state index contributed by atoms with van der Waals surface area (Å²) in [5.74, 6) is 0.356. The lowest BCUT2D eigenvalue weighted by Crippen LogP contribution is -2.64. The SMILES string of the molecule is Cc1n[nH]c(=S)n1N1C(c2ccccc2)(c2ccc(N)cc2)NN(c2ccccc2)C12C(=O)Nc1ccccc12. The van der Waals surface area contributed by atoms with Crippen LogP contribution >= 0.6 is 12.2 Å². The molecule has 7 rings (SSSR count). The van der Waals surface area contributed by atoms with E-state index in [0.29, 0.717) is 22.0 Å². The second-order valence-corrected chi connectivity index (χ2v) is 10.2. The van der Waals surface area contributed by atoms with E-state index in [1.54, 1.807) is 0 Å². The van der Waals surface area contributed by atoms with Crippen molar-refractivity contribution in [3.05, 3.63) is 136 Å². The van der Waals surface area contributed by atoms with Gasteiger partial charge in [0.2, 0.25) is 4.77 Å². The van der Waals surface area contributed by atoms with Crippen molar-refractivity contribution in [2.75, 3.05) is 21.1 Å². The molecule has 10 heteroatoms. The van der Waals surface area contributed by atoms with Crippen molar-refractivity contribution in [1.82, 2.24) is 20.3 Å². The number of aromatic amines is 1. The van der Waals surface area contributed by atoms with E-state index < -0.39 is 11.3 Å². The first-order valence-corrected chi connectivity index (χ1v) is 13.3. The molecular formula is C30H26N8OS. The molecule has 2 aliphatic rings. The highest BCUT2D eigenvalue weighted by Gasteiger charge is 2.69. The standard InChI is InChI=1S/C30H26N8OS/c1-20-33-34-28(40)36(20)38-29(21-10-4-2-5-11-21,22-16-18-23(31)19-17-22)35-37(24-12-6-3-7-13-24)30(38)25-14-8-9-15-26(25)32-27(30)39/h2-19,35H,31H2,1H3,(H,32,39)(H,34,40). The average Bonchev–Trinajstić information content (AvgIpc) is 3.59. The normalized spacial score (nSPS) is 21.6. The van der Waals surface area contributed by atoms with Crippen molar-refractivity contribution in [3.8, 4) is 0 Å². The number of carbonyl (C=O) groups excluding carboxylic acids is 1. The number of aromatic nitrogens is 3. The van der Waals surface area contributed by atoms with Gasteiger partial charge in [0.05, 0.1) is 5.69 Å². The number of nitrogens with zero attached hydrogens (tertiary/aromatic N) is 4. The van der Waals surface area contributed by atoms with Crippen molar-refractivity contribution >= 4 is 35.2 Å². The topological polar surface area (TPSA) is 107 Å². The molecule has 0 saturated carbocycles. The number of hydrogen-bond acceptors (Lipinski definition) is 7. The third kappa shape index (κ3) is 3.14. The molecule has 0 radical (unpaired) electrons. The van der Waals surface area contributed by atoms with Gasteiger partial charge in [0.15, 0.2) is 5.66 Å². The number of amides is 1. The highest BCUT2D eigenvalue weighted by molar-refractivity contribution is 7.71. The zero-order valence-corrected chi connectivity index (χ0v) is 22.4. The Balaban J connectivity index is 1.68. The predicted molar refractivity (Wildman–Crippen MR) is 157 cm³/mol. The molecule has 1 saturated heterocycles. The van der Waals surface area contributed by atoms with Gasteiger partial charge in [-0.25, -0.2) is 9.69 Å². The van der Waals surface area contributed by atoms with E-state index in [-0.39, 0.29) is 5.91 Å². The molecular weight excluding hydrogens is 520 g/mol. The van der Waals surface area contributed by atoms with Crippen LogP contribution in [0, 0.1) is 11.7 Å². The molecule has 198 valence electrons. The number of nitrogen functional groups attached to an aromatic ring is 1. The summed E-state index contributed by atoms with van der Waals surface area (Å²) in [5.41, 5.74) is 12.1. The quantitative estimate of drug-likeness (QED) is 0.194.